The largest absolute Gasteiger partial charge is 0.416 e. The van der Waals surface area contributed by atoms with E-state index in [1.54, 1.807) is 73.7 Å². The number of carbonyl (C=O) groups excluding carboxylic acids is 2. The molecule has 0 saturated carbocycles. The second kappa shape index (κ2) is 14.2. The maximum atomic E-state index is 14.3. The lowest BCUT2D eigenvalue weighted by atomic mass is 10.0. The van der Waals surface area contributed by atoms with Crippen LogP contribution in [0.3, 0.4) is 0 Å². The summed E-state index contributed by atoms with van der Waals surface area (Å²) in [6.45, 7) is 0.678. The van der Waals surface area contributed by atoms with Gasteiger partial charge >= 0.3 is 6.18 Å². The van der Waals surface area contributed by atoms with Crippen LogP contribution in [0.5, 0.6) is 0 Å². The first-order valence-corrected chi connectivity index (χ1v) is 15.7. The summed E-state index contributed by atoms with van der Waals surface area (Å²) in [5.74, 6) is -1.35. The van der Waals surface area contributed by atoms with Crippen molar-refractivity contribution in [3.63, 3.8) is 0 Å². The van der Waals surface area contributed by atoms with Gasteiger partial charge < -0.3 is 10.2 Å². The van der Waals surface area contributed by atoms with E-state index in [-0.39, 0.29) is 23.5 Å². The molecule has 0 spiro atoms. The number of anilines is 1. The van der Waals surface area contributed by atoms with E-state index < -0.39 is 46.2 Å². The predicted molar refractivity (Wildman–Crippen MR) is 167 cm³/mol. The summed E-state index contributed by atoms with van der Waals surface area (Å²) >= 11 is 6.43. The van der Waals surface area contributed by atoms with Gasteiger partial charge in [0.2, 0.25) is 11.8 Å². The molecule has 0 bridgehead atoms. The van der Waals surface area contributed by atoms with Gasteiger partial charge in [0.15, 0.2) is 0 Å². The number of benzene rings is 4. The number of sulfonamides is 1. The Hall–Kier alpha value is -4.35. The van der Waals surface area contributed by atoms with E-state index in [9.17, 15) is 31.2 Å². The quantitative estimate of drug-likeness (QED) is 0.207. The molecule has 4 aromatic carbocycles. The standard InChI is InChI=1S/C33H31ClF3N3O4S/c1-23-15-17-28(18-16-23)45(43,44)40(27-13-8-12-26(20-27)33(35,36)37)22-31(41)39(21-25-11-6-7-14-29(25)34)30(32(42)38-2)19-24-9-4-3-5-10-24/h3-18,20,30H,19,21-22H2,1-2H3,(H,38,42)/t30-/m0/s1. The molecule has 0 saturated heterocycles. The number of aryl methyl sites for hydroxylation is 1. The second-order valence-corrected chi connectivity index (χ2v) is 12.6. The normalized spacial score (nSPS) is 12.3. The zero-order valence-electron chi connectivity index (χ0n) is 24.5. The Balaban J connectivity index is 1.84. The minimum Gasteiger partial charge on any atom is -0.357 e. The highest BCUT2D eigenvalue weighted by Gasteiger charge is 2.36. The molecule has 4 aromatic rings. The van der Waals surface area contributed by atoms with E-state index in [0.717, 1.165) is 23.3 Å². The fraction of sp³-hybridized carbons (Fsp3) is 0.212. The number of likely N-dealkylation sites (N-methyl/N-ethyl adjacent to an activating group) is 1. The average Bonchev–Trinajstić information content (AvgIpc) is 3.02. The van der Waals surface area contributed by atoms with Gasteiger partial charge in [0, 0.05) is 25.0 Å². The number of amides is 2. The summed E-state index contributed by atoms with van der Waals surface area (Å²) in [4.78, 5) is 28.6. The van der Waals surface area contributed by atoms with Crippen molar-refractivity contribution < 1.29 is 31.2 Å². The molecule has 12 heteroatoms. The topological polar surface area (TPSA) is 86.8 Å². The first-order chi connectivity index (χ1) is 21.3. The van der Waals surface area contributed by atoms with Gasteiger partial charge in [0.05, 0.1) is 16.1 Å². The number of alkyl halides is 3. The van der Waals surface area contributed by atoms with E-state index in [4.69, 9.17) is 11.6 Å². The number of nitrogens with one attached hydrogen (secondary N) is 1. The summed E-state index contributed by atoms with van der Waals surface area (Å²) in [7, 11) is -3.15. The number of nitrogens with zero attached hydrogens (tertiary/aromatic N) is 2. The van der Waals surface area contributed by atoms with Crippen LogP contribution in [0.15, 0.2) is 108 Å². The van der Waals surface area contributed by atoms with Gasteiger partial charge in [-0.05, 0) is 54.4 Å². The van der Waals surface area contributed by atoms with Gasteiger partial charge in [-0.1, -0.05) is 83.9 Å². The number of hydrogen-bond donors (Lipinski definition) is 1. The third-order valence-electron chi connectivity index (χ3n) is 7.17. The molecule has 0 aliphatic carbocycles. The number of halogens is 4. The summed E-state index contributed by atoms with van der Waals surface area (Å²) in [6, 6.07) is 24.0. The van der Waals surface area contributed by atoms with E-state index in [1.807, 2.05) is 0 Å². The van der Waals surface area contributed by atoms with Crippen molar-refractivity contribution in [1.82, 2.24) is 10.2 Å². The zero-order chi connectivity index (χ0) is 32.8. The molecule has 4 rings (SSSR count). The van der Waals surface area contributed by atoms with Crippen LogP contribution in [0.2, 0.25) is 5.02 Å². The van der Waals surface area contributed by atoms with E-state index in [2.05, 4.69) is 5.32 Å². The van der Waals surface area contributed by atoms with Gasteiger partial charge in [-0.3, -0.25) is 13.9 Å². The van der Waals surface area contributed by atoms with Crippen molar-refractivity contribution in [1.29, 1.82) is 0 Å². The van der Waals surface area contributed by atoms with Crippen LogP contribution in [-0.4, -0.2) is 44.8 Å². The molecule has 7 nitrogen and oxygen atoms in total. The van der Waals surface area contributed by atoms with Gasteiger partial charge in [-0.25, -0.2) is 8.42 Å². The molecule has 45 heavy (non-hydrogen) atoms. The summed E-state index contributed by atoms with van der Waals surface area (Å²) in [6.07, 6.45) is -4.69. The second-order valence-electron chi connectivity index (χ2n) is 10.3. The molecular formula is C33H31ClF3N3O4S. The van der Waals surface area contributed by atoms with Crippen molar-refractivity contribution in [3.8, 4) is 0 Å². The van der Waals surface area contributed by atoms with Crippen LogP contribution in [0.25, 0.3) is 0 Å². The van der Waals surface area contributed by atoms with Crippen LogP contribution in [0.4, 0.5) is 18.9 Å². The fourth-order valence-corrected chi connectivity index (χ4v) is 6.34. The smallest absolute Gasteiger partial charge is 0.357 e. The number of rotatable bonds is 11. The lowest BCUT2D eigenvalue weighted by Gasteiger charge is -2.34. The monoisotopic (exact) mass is 657 g/mol. The Kier molecular flexibility index (Phi) is 10.6. The Morgan fingerprint density at radius 2 is 1.53 bits per heavy atom. The first-order valence-electron chi connectivity index (χ1n) is 13.9. The maximum Gasteiger partial charge on any atom is 0.416 e. The van der Waals surface area contributed by atoms with Crippen LogP contribution in [0.1, 0.15) is 22.3 Å². The summed E-state index contributed by atoms with van der Waals surface area (Å²) in [5, 5.41) is 2.88. The lowest BCUT2D eigenvalue weighted by Crippen LogP contribution is -2.53. The lowest BCUT2D eigenvalue weighted by molar-refractivity contribution is -0.139. The molecule has 2 amide bonds. The van der Waals surface area contributed by atoms with Crippen molar-refractivity contribution >= 4 is 39.1 Å². The van der Waals surface area contributed by atoms with Crippen molar-refractivity contribution in [3.05, 3.63) is 130 Å². The highest BCUT2D eigenvalue weighted by molar-refractivity contribution is 7.92. The highest BCUT2D eigenvalue weighted by Crippen LogP contribution is 2.33. The minimum atomic E-state index is -4.77. The Morgan fingerprint density at radius 3 is 2.16 bits per heavy atom. The van der Waals surface area contributed by atoms with E-state index in [0.29, 0.717) is 21.0 Å². The summed E-state index contributed by atoms with van der Waals surface area (Å²) < 4.78 is 69.8. The average molecular weight is 658 g/mol. The Morgan fingerprint density at radius 1 is 0.889 bits per heavy atom. The van der Waals surface area contributed by atoms with Crippen LogP contribution in [-0.2, 0) is 38.8 Å². The fourth-order valence-electron chi connectivity index (χ4n) is 4.73. The molecule has 1 N–H and O–H groups in total. The van der Waals surface area contributed by atoms with Gasteiger partial charge in [-0.15, -0.1) is 0 Å². The predicted octanol–water partition coefficient (Wildman–Crippen LogP) is 6.25. The number of hydrogen-bond acceptors (Lipinski definition) is 4. The maximum absolute atomic E-state index is 14.3. The third kappa shape index (κ3) is 8.23. The minimum absolute atomic E-state index is 0.0744. The molecule has 0 aliphatic rings. The molecule has 0 aliphatic heterocycles. The molecule has 1 atom stereocenters. The Labute approximate surface area is 265 Å². The van der Waals surface area contributed by atoms with Crippen LogP contribution in [0, 0.1) is 6.92 Å². The highest BCUT2D eigenvalue weighted by atomic mass is 35.5. The van der Waals surface area contributed by atoms with Gasteiger partial charge in [0.25, 0.3) is 10.0 Å². The third-order valence-corrected chi connectivity index (χ3v) is 9.32. The molecular weight excluding hydrogens is 627 g/mol. The van der Waals surface area contributed by atoms with Crippen molar-refractivity contribution in [2.45, 2.75) is 37.0 Å². The van der Waals surface area contributed by atoms with Crippen LogP contribution < -0.4 is 9.62 Å². The van der Waals surface area contributed by atoms with Gasteiger partial charge in [0.1, 0.15) is 12.6 Å². The molecule has 236 valence electrons. The van der Waals surface area contributed by atoms with E-state index in [1.165, 1.54) is 30.1 Å². The van der Waals surface area contributed by atoms with Crippen molar-refractivity contribution in [2.24, 2.45) is 0 Å². The Bertz CT molecular complexity index is 1750. The zero-order valence-corrected chi connectivity index (χ0v) is 26.0. The summed E-state index contributed by atoms with van der Waals surface area (Å²) in [5.41, 5.74) is 0.523. The van der Waals surface area contributed by atoms with Crippen molar-refractivity contribution in [2.75, 3.05) is 17.9 Å². The SMILES string of the molecule is CNC(=O)[C@H](Cc1ccccc1)N(Cc1ccccc1Cl)C(=O)CN(c1cccc(C(F)(F)F)c1)S(=O)(=O)c1ccc(C)cc1. The molecule has 0 unspecified atom stereocenters. The molecule has 0 fully saturated rings. The van der Waals surface area contributed by atoms with E-state index >= 15 is 0 Å². The number of carbonyl (C=O) groups is 2. The van der Waals surface area contributed by atoms with Crippen LogP contribution >= 0.6 is 11.6 Å². The van der Waals surface area contributed by atoms with Gasteiger partial charge in [-0.2, -0.15) is 13.2 Å². The first kappa shape index (κ1) is 33.5. The molecule has 0 heterocycles. The molecule has 0 aromatic heterocycles. The molecule has 0 radical (unpaired) electrons.